The molecule has 2 heterocycles. The Labute approximate surface area is 127 Å². The average molecular weight is 300 g/mol. The topological polar surface area (TPSA) is 71.2 Å². The summed E-state index contributed by atoms with van der Waals surface area (Å²) in [4.78, 5) is 16.2. The van der Waals surface area contributed by atoms with Crippen molar-refractivity contribution >= 4 is 17.0 Å². The smallest absolute Gasteiger partial charge is 0.435 e. The Morgan fingerprint density at radius 3 is 2.86 bits per heavy atom. The van der Waals surface area contributed by atoms with Crippen molar-refractivity contribution in [3.63, 3.8) is 0 Å². The minimum Gasteiger partial charge on any atom is -0.468 e. The molecule has 2 aromatic heterocycles. The molecule has 0 amide bonds. The molecule has 7 heteroatoms. The molecule has 22 heavy (non-hydrogen) atoms. The van der Waals surface area contributed by atoms with Gasteiger partial charge >= 0.3 is 6.09 Å². The van der Waals surface area contributed by atoms with Crippen LogP contribution in [0.5, 0.6) is 5.88 Å². The van der Waals surface area contributed by atoms with Gasteiger partial charge in [-0.1, -0.05) is 12.1 Å². The molecule has 0 unspecified atom stereocenters. The predicted octanol–water partition coefficient (Wildman–Crippen LogP) is 2.35. The summed E-state index contributed by atoms with van der Waals surface area (Å²) in [6.07, 6.45) is 3.02. The summed E-state index contributed by atoms with van der Waals surface area (Å²) in [5, 5.41) is 4.97. The zero-order valence-electron chi connectivity index (χ0n) is 12.4. The first-order valence-corrected chi connectivity index (χ1v) is 6.94. The minimum atomic E-state index is -0.523. The number of hydrogen-bond donors (Lipinski definition) is 0. The zero-order valence-corrected chi connectivity index (χ0v) is 12.4. The maximum atomic E-state index is 12.0. The van der Waals surface area contributed by atoms with Gasteiger partial charge in [0.1, 0.15) is 12.4 Å². The van der Waals surface area contributed by atoms with E-state index < -0.39 is 6.09 Å². The first kappa shape index (κ1) is 14.1. The van der Waals surface area contributed by atoms with Crippen molar-refractivity contribution in [3.8, 4) is 5.88 Å². The summed E-state index contributed by atoms with van der Waals surface area (Å²) >= 11 is 0. The SMILES string of the molecule is CCOC(=O)n1nc(OCc2nccn2C)c2ccccc21. The van der Waals surface area contributed by atoms with Crippen LogP contribution in [-0.4, -0.2) is 32.0 Å². The molecule has 3 aromatic rings. The molecule has 114 valence electrons. The number of hydrogen-bond acceptors (Lipinski definition) is 5. The fourth-order valence-corrected chi connectivity index (χ4v) is 2.14. The molecule has 0 N–H and O–H groups in total. The second-order valence-corrected chi connectivity index (χ2v) is 4.68. The number of nitrogens with zero attached hydrogens (tertiary/aromatic N) is 4. The number of aryl methyl sites for hydroxylation is 1. The second kappa shape index (κ2) is 5.88. The Kier molecular flexibility index (Phi) is 3.78. The van der Waals surface area contributed by atoms with Gasteiger partial charge in [0.05, 0.1) is 17.5 Å². The quantitative estimate of drug-likeness (QED) is 0.739. The molecule has 7 nitrogen and oxygen atoms in total. The predicted molar refractivity (Wildman–Crippen MR) is 79.7 cm³/mol. The highest BCUT2D eigenvalue weighted by Gasteiger charge is 2.17. The van der Waals surface area contributed by atoms with Crippen molar-refractivity contribution in [1.29, 1.82) is 0 Å². The minimum absolute atomic E-state index is 0.271. The Morgan fingerprint density at radius 2 is 2.14 bits per heavy atom. The molecule has 3 rings (SSSR count). The highest BCUT2D eigenvalue weighted by molar-refractivity contribution is 5.91. The van der Waals surface area contributed by atoms with Crippen LogP contribution in [0.2, 0.25) is 0 Å². The van der Waals surface area contributed by atoms with E-state index in [1.54, 1.807) is 19.2 Å². The lowest BCUT2D eigenvalue weighted by Crippen LogP contribution is -2.15. The number of benzene rings is 1. The first-order chi connectivity index (χ1) is 10.7. The molecule has 0 aliphatic heterocycles. The van der Waals surface area contributed by atoms with Crippen molar-refractivity contribution in [3.05, 3.63) is 42.5 Å². The number of carbonyl (C=O) groups excluding carboxylic acids is 1. The molecular weight excluding hydrogens is 284 g/mol. The number of ether oxygens (including phenoxy) is 2. The third-order valence-electron chi connectivity index (χ3n) is 3.25. The Balaban J connectivity index is 1.92. The summed E-state index contributed by atoms with van der Waals surface area (Å²) in [6, 6.07) is 7.36. The van der Waals surface area contributed by atoms with Gasteiger partial charge < -0.3 is 14.0 Å². The van der Waals surface area contributed by atoms with Crippen LogP contribution in [0.25, 0.3) is 10.9 Å². The monoisotopic (exact) mass is 300 g/mol. The summed E-state index contributed by atoms with van der Waals surface area (Å²) in [7, 11) is 1.89. The van der Waals surface area contributed by atoms with E-state index >= 15 is 0 Å². The van der Waals surface area contributed by atoms with Crippen LogP contribution in [0.3, 0.4) is 0 Å². The maximum Gasteiger partial charge on any atom is 0.435 e. The van der Waals surface area contributed by atoms with E-state index in [4.69, 9.17) is 9.47 Å². The lowest BCUT2D eigenvalue weighted by Gasteiger charge is -2.03. The summed E-state index contributed by atoms with van der Waals surface area (Å²) < 4.78 is 13.8. The van der Waals surface area contributed by atoms with Gasteiger partial charge in [-0.3, -0.25) is 0 Å². The van der Waals surface area contributed by atoms with E-state index in [1.165, 1.54) is 4.68 Å². The Morgan fingerprint density at radius 1 is 1.32 bits per heavy atom. The second-order valence-electron chi connectivity index (χ2n) is 4.68. The first-order valence-electron chi connectivity index (χ1n) is 6.94. The van der Waals surface area contributed by atoms with Crippen LogP contribution in [0.15, 0.2) is 36.7 Å². The standard InChI is InChI=1S/C15H16N4O3/c1-3-21-15(20)19-12-7-5-4-6-11(12)14(17-19)22-10-13-16-8-9-18(13)2/h4-9H,3,10H2,1-2H3. The summed E-state index contributed by atoms with van der Waals surface area (Å²) in [5.41, 5.74) is 0.649. The summed E-state index contributed by atoms with van der Waals surface area (Å²) in [5.74, 6) is 1.15. The Hall–Kier alpha value is -2.83. The fourth-order valence-electron chi connectivity index (χ4n) is 2.14. The number of rotatable bonds is 4. The molecule has 0 spiro atoms. The lowest BCUT2D eigenvalue weighted by molar-refractivity contribution is 0.150. The number of fused-ring (bicyclic) bond motifs is 1. The van der Waals surface area contributed by atoms with Crippen LogP contribution in [-0.2, 0) is 18.4 Å². The van der Waals surface area contributed by atoms with Crippen molar-refractivity contribution < 1.29 is 14.3 Å². The molecule has 0 fully saturated rings. The molecule has 0 aliphatic rings. The fraction of sp³-hybridized carbons (Fsp3) is 0.267. The molecule has 1 aromatic carbocycles. The lowest BCUT2D eigenvalue weighted by atomic mass is 10.2. The zero-order chi connectivity index (χ0) is 15.5. The average Bonchev–Trinajstić information content (AvgIpc) is 3.09. The summed E-state index contributed by atoms with van der Waals surface area (Å²) in [6.45, 7) is 2.31. The normalized spacial score (nSPS) is 10.8. The van der Waals surface area contributed by atoms with Crippen molar-refractivity contribution in [1.82, 2.24) is 19.3 Å². The van der Waals surface area contributed by atoms with Gasteiger partial charge in [0.25, 0.3) is 0 Å². The molecule has 0 atom stereocenters. The van der Waals surface area contributed by atoms with Gasteiger partial charge in [-0.15, -0.1) is 5.10 Å². The van der Waals surface area contributed by atoms with Gasteiger partial charge in [-0.05, 0) is 19.1 Å². The Bertz CT molecular complexity index is 806. The highest BCUT2D eigenvalue weighted by Crippen LogP contribution is 2.25. The van der Waals surface area contributed by atoms with Gasteiger partial charge in [-0.2, -0.15) is 4.68 Å². The van der Waals surface area contributed by atoms with E-state index in [1.807, 2.05) is 36.0 Å². The molecule has 0 bridgehead atoms. The van der Waals surface area contributed by atoms with Crippen LogP contribution in [0.4, 0.5) is 4.79 Å². The van der Waals surface area contributed by atoms with Gasteiger partial charge in [0.15, 0.2) is 0 Å². The molecule has 0 aliphatic carbocycles. The number of aromatic nitrogens is 4. The van der Waals surface area contributed by atoms with Crippen molar-refractivity contribution in [2.75, 3.05) is 6.61 Å². The number of carbonyl (C=O) groups is 1. The third-order valence-corrected chi connectivity index (χ3v) is 3.25. The molecule has 0 saturated carbocycles. The van der Waals surface area contributed by atoms with Crippen molar-refractivity contribution in [2.24, 2.45) is 7.05 Å². The van der Waals surface area contributed by atoms with Crippen LogP contribution in [0.1, 0.15) is 12.7 Å². The van der Waals surface area contributed by atoms with E-state index in [-0.39, 0.29) is 13.2 Å². The molecular formula is C15H16N4O3. The van der Waals surface area contributed by atoms with Crippen LogP contribution < -0.4 is 4.74 Å². The van der Waals surface area contributed by atoms with Gasteiger partial charge in [0, 0.05) is 19.4 Å². The molecule has 0 radical (unpaired) electrons. The van der Waals surface area contributed by atoms with E-state index in [0.717, 1.165) is 11.2 Å². The number of para-hydroxylation sites is 1. The van der Waals surface area contributed by atoms with Crippen LogP contribution >= 0.6 is 0 Å². The largest absolute Gasteiger partial charge is 0.468 e. The maximum absolute atomic E-state index is 12.0. The van der Waals surface area contributed by atoms with E-state index in [0.29, 0.717) is 11.4 Å². The van der Waals surface area contributed by atoms with E-state index in [9.17, 15) is 4.79 Å². The van der Waals surface area contributed by atoms with Gasteiger partial charge in [-0.25, -0.2) is 9.78 Å². The van der Waals surface area contributed by atoms with E-state index in [2.05, 4.69) is 10.1 Å². The number of imidazole rings is 1. The highest BCUT2D eigenvalue weighted by atomic mass is 16.6. The van der Waals surface area contributed by atoms with Crippen molar-refractivity contribution in [2.45, 2.75) is 13.5 Å². The van der Waals surface area contributed by atoms with Gasteiger partial charge in [0.2, 0.25) is 5.88 Å². The molecule has 0 saturated heterocycles. The van der Waals surface area contributed by atoms with Crippen LogP contribution in [0, 0.1) is 0 Å². The third kappa shape index (κ3) is 2.52.